The zero-order valence-corrected chi connectivity index (χ0v) is 12.7. The standard InChI is InChI=1S/C16H23N3O2/c1-12(2)15(20)18-11-13-3-5-14(6-4-13)16(21)19-9-7-17-8-10-19/h3-6,12,17H,7-11H2,1-2H3,(H,18,20). The van der Waals surface area contributed by atoms with Gasteiger partial charge in [-0.15, -0.1) is 0 Å². The number of nitrogens with one attached hydrogen (secondary N) is 2. The topological polar surface area (TPSA) is 61.4 Å². The maximum atomic E-state index is 12.3. The van der Waals surface area contributed by atoms with Crippen LogP contribution in [0.2, 0.25) is 0 Å². The van der Waals surface area contributed by atoms with Crippen LogP contribution in [0.1, 0.15) is 29.8 Å². The molecular weight excluding hydrogens is 266 g/mol. The van der Waals surface area contributed by atoms with Gasteiger partial charge in [0.2, 0.25) is 5.91 Å². The molecule has 0 aromatic heterocycles. The Morgan fingerprint density at radius 1 is 1.19 bits per heavy atom. The SMILES string of the molecule is CC(C)C(=O)NCc1ccc(C(=O)N2CCNCC2)cc1. The second kappa shape index (κ2) is 7.22. The van der Waals surface area contributed by atoms with E-state index in [0.717, 1.165) is 31.7 Å². The number of piperazine rings is 1. The van der Waals surface area contributed by atoms with E-state index in [0.29, 0.717) is 12.1 Å². The third kappa shape index (κ3) is 4.29. The average Bonchev–Trinajstić information content (AvgIpc) is 2.53. The molecule has 1 heterocycles. The molecule has 1 aromatic carbocycles. The van der Waals surface area contributed by atoms with E-state index in [4.69, 9.17) is 0 Å². The second-order valence-electron chi connectivity index (χ2n) is 5.61. The van der Waals surface area contributed by atoms with Crippen LogP contribution in [0, 0.1) is 5.92 Å². The van der Waals surface area contributed by atoms with E-state index in [2.05, 4.69) is 10.6 Å². The first-order valence-corrected chi connectivity index (χ1v) is 7.44. The van der Waals surface area contributed by atoms with E-state index < -0.39 is 0 Å². The highest BCUT2D eigenvalue weighted by Gasteiger charge is 2.17. The molecule has 0 atom stereocenters. The van der Waals surface area contributed by atoms with Gasteiger partial charge in [0.05, 0.1) is 0 Å². The Bertz CT molecular complexity index is 491. The van der Waals surface area contributed by atoms with Crippen molar-refractivity contribution in [3.8, 4) is 0 Å². The number of hydrogen-bond donors (Lipinski definition) is 2. The monoisotopic (exact) mass is 289 g/mol. The van der Waals surface area contributed by atoms with Gasteiger partial charge in [-0.1, -0.05) is 26.0 Å². The Morgan fingerprint density at radius 3 is 2.38 bits per heavy atom. The summed E-state index contributed by atoms with van der Waals surface area (Å²) in [5, 5.41) is 6.10. The van der Waals surface area contributed by atoms with Crippen molar-refractivity contribution in [2.24, 2.45) is 5.92 Å². The fraction of sp³-hybridized carbons (Fsp3) is 0.500. The number of carbonyl (C=O) groups excluding carboxylic acids is 2. The van der Waals surface area contributed by atoms with Crippen LogP contribution in [0.15, 0.2) is 24.3 Å². The maximum Gasteiger partial charge on any atom is 0.253 e. The van der Waals surface area contributed by atoms with Gasteiger partial charge in [0.25, 0.3) is 5.91 Å². The van der Waals surface area contributed by atoms with Gasteiger partial charge in [0, 0.05) is 44.2 Å². The van der Waals surface area contributed by atoms with Gasteiger partial charge in [-0.3, -0.25) is 9.59 Å². The molecule has 2 amide bonds. The predicted molar refractivity (Wildman–Crippen MR) is 81.9 cm³/mol. The first-order chi connectivity index (χ1) is 10.1. The molecule has 1 aromatic rings. The summed E-state index contributed by atoms with van der Waals surface area (Å²) in [7, 11) is 0. The van der Waals surface area contributed by atoms with Crippen molar-refractivity contribution in [3.63, 3.8) is 0 Å². The third-order valence-electron chi connectivity index (χ3n) is 3.60. The molecule has 1 saturated heterocycles. The molecule has 2 rings (SSSR count). The Morgan fingerprint density at radius 2 is 1.81 bits per heavy atom. The minimum absolute atomic E-state index is 0.0152. The van der Waals surface area contributed by atoms with Crippen LogP contribution in [0.5, 0.6) is 0 Å². The summed E-state index contributed by atoms with van der Waals surface area (Å²) in [6, 6.07) is 7.47. The van der Waals surface area contributed by atoms with E-state index in [9.17, 15) is 9.59 Å². The van der Waals surface area contributed by atoms with E-state index in [1.165, 1.54) is 0 Å². The highest BCUT2D eigenvalue weighted by atomic mass is 16.2. The van der Waals surface area contributed by atoms with Crippen LogP contribution in [0.4, 0.5) is 0 Å². The van der Waals surface area contributed by atoms with Crippen molar-refractivity contribution in [1.82, 2.24) is 15.5 Å². The molecule has 0 spiro atoms. The minimum atomic E-state index is -0.0152. The van der Waals surface area contributed by atoms with Gasteiger partial charge < -0.3 is 15.5 Å². The molecule has 5 heteroatoms. The highest BCUT2D eigenvalue weighted by molar-refractivity contribution is 5.94. The molecule has 114 valence electrons. The van der Waals surface area contributed by atoms with Crippen LogP contribution in [-0.2, 0) is 11.3 Å². The van der Waals surface area contributed by atoms with Crippen LogP contribution in [0.25, 0.3) is 0 Å². The summed E-state index contributed by atoms with van der Waals surface area (Å²) >= 11 is 0. The van der Waals surface area contributed by atoms with Gasteiger partial charge in [-0.2, -0.15) is 0 Å². The Hall–Kier alpha value is -1.88. The van der Waals surface area contributed by atoms with E-state index >= 15 is 0 Å². The van der Waals surface area contributed by atoms with Gasteiger partial charge in [0.15, 0.2) is 0 Å². The molecule has 5 nitrogen and oxygen atoms in total. The number of amides is 2. The molecule has 0 aliphatic carbocycles. The summed E-state index contributed by atoms with van der Waals surface area (Å²) in [4.78, 5) is 25.7. The van der Waals surface area contributed by atoms with Crippen molar-refractivity contribution in [2.75, 3.05) is 26.2 Å². The van der Waals surface area contributed by atoms with Gasteiger partial charge in [-0.25, -0.2) is 0 Å². The quantitative estimate of drug-likeness (QED) is 0.869. The van der Waals surface area contributed by atoms with Crippen LogP contribution in [-0.4, -0.2) is 42.9 Å². The molecule has 21 heavy (non-hydrogen) atoms. The van der Waals surface area contributed by atoms with Crippen LogP contribution in [0.3, 0.4) is 0 Å². The summed E-state index contributed by atoms with van der Waals surface area (Å²) < 4.78 is 0. The van der Waals surface area contributed by atoms with Crippen molar-refractivity contribution < 1.29 is 9.59 Å². The fourth-order valence-electron chi connectivity index (χ4n) is 2.21. The Kier molecular flexibility index (Phi) is 5.33. The first-order valence-electron chi connectivity index (χ1n) is 7.44. The first kappa shape index (κ1) is 15.5. The molecule has 0 unspecified atom stereocenters. The van der Waals surface area contributed by atoms with Crippen LogP contribution >= 0.6 is 0 Å². The lowest BCUT2D eigenvalue weighted by Gasteiger charge is -2.27. The van der Waals surface area contributed by atoms with Gasteiger partial charge in [-0.05, 0) is 17.7 Å². The second-order valence-corrected chi connectivity index (χ2v) is 5.61. The normalized spacial score (nSPS) is 15.1. The van der Waals surface area contributed by atoms with Crippen molar-refractivity contribution in [1.29, 1.82) is 0 Å². The summed E-state index contributed by atoms with van der Waals surface area (Å²) in [5.41, 5.74) is 1.71. The lowest BCUT2D eigenvalue weighted by molar-refractivity contribution is -0.124. The molecule has 1 aliphatic heterocycles. The summed E-state index contributed by atoms with van der Waals surface area (Å²) in [5.74, 6) is 0.101. The predicted octanol–water partition coefficient (Wildman–Crippen LogP) is 1.00. The summed E-state index contributed by atoms with van der Waals surface area (Å²) in [6.07, 6.45) is 0. The number of benzene rings is 1. The van der Waals surface area contributed by atoms with E-state index in [1.54, 1.807) is 0 Å². The smallest absolute Gasteiger partial charge is 0.253 e. The molecule has 0 radical (unpaired) electrons. The molecule has 1 aliphatic rings. The molecular formula is C16H23N3O2. The summed E-state index contributed by atoms with van der Waals surface area (Å²) in [6.45, 7) is 7.44. The minimum Gasteiger partial charge on any atom is -0.352 e. The lowest BCUT2D eigenvalue weighted by atomic mass is 10.1. The highest BCUT2D eigenvalue weighted by Crippen LogP contribution is 2.09. The third-order valence-corrected chi connectivity index (χ3v) is 3.60. The molecule has 0 saturated carbocycles. The largest absolute Gasteiger partial charge is 0.352 e. The van der Waals surface area contributed by atoms with E-state index in [-0.39, 0.29) is 17.7 Å². The van der Waals surface area contributed by atoms with Crippen LogP contribution < -0.4 is 10.6 Å². The van der Waals surface area contributed by atoms with Gasteiger partial charge in [0.1, 0.15) is 0 Å². The zero-order chi connectivity index (χ0) is 15.2. The Balaban J connectivity index is 1.92. The molecule has 1 fully saturated rings. The Labute approximate surface area is 125 Å². The van der Waals surface area contributed by atoms with Crippen molar-refractivity contribution >= 4 is 11.8 Å². The van der Waals surface area contributed by atoms with Gasteiger partial charge >= 0.3 is 0 Å². The van der Waals surface area contributed by atoms with E-state index in [1.807, 2.05) is 43.0 Å². The average molecular weight is 289 g/mol. The lowest BCUT2D eigenvalue weighted by Crippen LogP contribution is -2.46. The number of hydrogen-bond acceptors (Lipinski definition) is 3. The van der Waals surface area contributed by atoms with Crippen molar-refractivity contribution in [3.05, 3.63) is 35.4 Å². The fourth-order valence-corrected chi connectivity index (χ4v) is 2.21. The molecule has 2 N–H and O–H groups in total. The number of rotatable bonds is 4. The van der Waals surface area contributed by atoms with Crippen molar-refractivity contribution in [2.45, 2.75) is 20.4 Å². The zero-order valence-electron chi connectivity index (χ0n) is 12.7. The number of carbonyl (C=O) groups is 2. The number of nitrogens with zero attached hydrogens (tertiary/aromatic N) is 1. The maximum absolute atomic E-state index is 12.3. The molecule has 0 bridgehead atoms.